The number of hydrogen-bond acceptors (Lipinski definition) is 3. The third kappa shape index (κ3) is 5.11. The Bertz CT molecular complexity index is 559. The van der Waals surface area contributed by atoms with Gasteiger partial charge in [0.15, 0.2) is 5.96 Å². The van der Waals surface area contributed by atoms with E-state index in [0.717, 1.165) is 50.5 Å². The second-order valence-electron chi connectivity index (χ2n) is 6.96. The number of fused-ring (bicyclic) bond motifs is 2. The lowest BCUT2D eigenvalue weighted by Crippen LogP contribution is -2.47. The van der Waals surface area contributed by atoms with Crippen molar-refractivity contribution in [2.24, 2.45) is 4.99 Å². The first-order chi connectivity index (χ1) is 12.3. The van der Waals surface area contributed by atoms with Gasteiger partial charge in [-0.05, 0) is 49.8 Å². The predicted octanol–water partition coefficient (Wildman–Crippen LogP) is 2.89. The van der Waals surface area contributed by atoms with Crippen molar-refractivity contribution in [3.05, 3.63) is 29.8 Å². The van der Waals surface area contributed by atoms with E-state index in [4.69, 9.17) is 9.47 Å². The molecule has 138 valence electrons. The van der Waals surface area contributed by atoms with E-state index in [1.54, 1.807) is 0 Å². The third-order valence-corrected chi connectivity index (χ3v) is 5.05. The number of aliphatic imine (C=N–C) groups is 1. The highest BCUT2D eigenvalue weighted by Gasteiger charge is 2.41. The molecule has 2 fully saturated rings. The zero-order valence-corrected chi connectivity index (χ0v) is 15.5. The van der Waals surface area contributed by atoms with Crippen LogP contribution in [0, 0.1) is 0 Å². The van der Waals surface area contributed by atoms with Crippen LogP contribution in [0.15, 0.2) is 29.3 Å². The number of hydrogen-bond donors (Lipinski definition) is 2. The molecule has 3 rings (SSSR count). The molecule has 2 aliphatic heterocycles. The van der Waals surface area contributed by atoms with Crippen LogP contribution in [-0.4, -0.2) is 44.4 Å². The van der Waals surface area contributed by atoms with Gasteiger partial charge in [-0.2, -0.15) is 0 Å². The summed E-state index contributed by atoms with van der Waals surface area (Å²) in [5.74, 6) is 1.83. The van der Waals surface area contributed by atoms with Crippen molar-refractivity contribution in [3.8, 4) is 5.75 Å². The first kappa shape index (κ1) is 18.1. The average molecular weight is 345 g/mol. The van der Waals surface area contributed by atoms with E-state index in [2.05, 4.69) is 46.8 Å². The molecule has 2 N–H and O–H groups in total. The molecule has 0 saturated carbocycles. The van der Waals surface area contributed by atoms with Crippen molar-refractivity contribution < 1.29 is 9.47 Å². The van der Waals surface area contributed by atoms with Gasteiger partial charge in [-0.15, -0.1) is 0 Å². The number of ether oxygens (including phenoxy) is 2. The maximum absolute atomic E-state index is 5.89. The van der Waals surface area contributed by atoms with Crippen molar-refractivity contribution >= 4 is 5.96 Å². The van der Waals surface area contributed by atoms with Gasteiger partial charge < -0.3 is 20.1 Å². The zero-order chi connectivity index (χ0) is 17.5. The summed E-state index contributed by atoms with van der Waals surface area (Å²) in [5.41, 5.74) is 1.30. The highest BCUT2D eigenvalue weighted by Crippen LogP contribution is 2.34. The highest BCUT2D eigenvalue weighted by molar-refractivity contribution is 5.80. The van der Waals surface area contributed by atoms with Gasteiger partial charge in [-0.25, -0.2) is 0 Å². The van der Waals surface area contributed by atoms with Crippen molar-refractivity contribution in [2.45, 2.75) is 63.7 Å². The molecule has 1 aromatic carbocycles. The van der Waals surface area contributed by atoms with Crippen LogP contribution < -0.4 is 15.4 Å². The standard InChI is InChI=1S/C20H31N3O2/c1-3-4-13-24-16-7-5-15(6-8-16)11-12-22-20(21-2)23-18-14-17-9-10-19(18)25-17/h5-8,17-19H,3-4,9-14H2,1-2H3,(H2,21,22,23). The van der Waals surface area contributed by atoms with Gasteiger partial charge in [0.25, 0.3) is 0 Å². The van der Waals surface area contributed by atoms with Crippen LogP contribution in [0.5, 0.6) is 5.75 Å². The van der Waals surface area contributed by atoms with Crippen molar-refractivity contribution in [1.29, 1.82) is 0 Å². The van der Waals surface area contributed by atoms with Crippen LogP contribution in [-0.2, 0) is 11.2 Å². The van der Waals surface area contributed by atoms with E-state index in [1.807, 2.05) is 7.05 Å². The Morgan fingerprint density at radius 1 is 1.28 bits per heavy atom. The molecule has 3 unspecified atom stereocenters. The number of nitrogens with one attached hydrogen (secondary N) is 2. The topological polar surface area (TPSA) is 54.9 Å². The third-order valence-electron chi connectivity index (χ3n) is 5.05. The summed E-state index contributed by atoms with van der Waals surface area (Å²) in [6, 6.07) is 8.81. The molecule has 3 atom stereocenters. The molecule has 25 heavy (non-hydrogen) atoms. The zero-order valence-electron chi connectivity index (χ0n) is 15.5. The molecule has 2 heterocycles. The normalized spacial score (nSPS) is 25.2. The lowest BCUT2D eigenvalue weighted by molar-refractivity contribution is 0.0992. The summed E-state index contributed by atoms with van der Waals surface area (Å²) in [4.78, 5) is 4.34. The Balaban J connectivity index is 1.37. The van der Waals surface area contributed by atoms with Gasteiger partial charge in [-0.3, -0.25) is 4.99 Å². The lowest BCUT2D eigenvalue weighted by atomic mass is 9.96. The van der Waals surface area contributed by atoms with Crippen molar-refractivity contribution in [1.82, 2.24) is 10.6 Å². The number of unbranched alkanes of at least 4 members (excludes halogenated alkanes) is 1. The minimum absolute atomic E-state index is 0.365. The van der Waals surface area contributed by atoms with Crippen LogP contribution in [0.4, 0.5) is 0 Å². The molecule has 1 aromatic rings. The van der Waals surface area contributed by atoms with Crippen LogP contribution in [0.3, 0.4) is 0 Å². The summed E-state index contributed by atoms with van der Waals surface area (Å²) in [7, 11) is 1.83. The Hall–Kier alpha value is -1.75. The Morgan fingerprint density at radius 3 is 2.76 bits per heavy atom. The summed E-state index contributed by atoms with van der Waals surface area (Å²) >= 11 is 0. The van der Waals surface area contributed by atoms with E-state index in [-0.39, 0.29) is 0 Å². The molecule has 2 saturated heterocycles. The molecule has 0 radical (unpaired) electrons. The molecule has 5 nitrogen and oxygen atoms in total. The van der Waals surface area contributed by atoms with E-state index >= 15 is 0 Å². The molecule has 2 aliphatic rings. The summed E-state index contributed by atoms with van der Waals surface area (Å²) in [5, 5.41) is 6.93. The highest BCUT2D eigenvalue weighted by atomic mass is 16.5. The number of benzene rings is 1. The average Bonchev–Trinajstić information content (AvgIpc) is 3.25. The van der Waals surface area contributed by atoms with Crippen LogP contribution in [0.2, 0.25) is 0 Å². The van der Waals surface area contributed by atoms with Crippen LogP contribution >= 0.6 is 0 Å². The largest absolute Gasteiger partial charge is 0.494 e. The van der Waals surface area contributed by atoms with E-state index < -0.39 is 0 Å². The van der Waals surface area contributed by atoms with Gasteiger partial charge in [0.1, 0.15) is 5.75 Å². The van der Waals surface area contributed by atoms with Gasteiger partial charge in [0.05, 0.1) is 24.9 Å². The van der Waals surface area contributed by atoms with E-state index in [0.29, 0.717) is 18.2 Å². The van der Waals surface area contributed by atoms with Crippen molar-refractivity contribution in [3.63, 3.8) is 0 Å². The maximum Gasteiger partial charge on any atom is 0.191 e. The number of guanidine groups is 1. The molecular weight excluding hydrogens is 314 g/mol. The molecule has 0 amide bonds. The minimum Gasteiger partial charge on any atom is -0.494 e. The van der Waals surface area contributed by atoms with E-state index in [9.17, 15) is 0 Å². The monoisotopic (exact) mass is 345 g/mol. The Kier molecular flexibility index (Phi) is 6.56. The minimum atomic E-state index is 0.365. The maximum atomic E-state index is 5.89. The second-order valence-corrected chi connectivity index (χ2v) is 6.96. The molecule has 0 aliphatic carbocycles. The smallest absolute Gasteiger partial charge is 0.191 e. The second kappa shape index (κ2) is 9.09. The molecule has 0 spiro atoms. The Labute approximate surface area is 151 Å². The molecule has 5 heteroatoms. The lowest BCUT2D eigenvalue weighted by Gasteiger charge is -2.22. The molecule has 0 aromatic heterocycles. The predicted molar refractivity (Wildman–Crippen MR) is 101 cm³/mol. The SMILES string of the molecule is CCCCOc1ccc(CCNC(=NC)NC2CC3CCC2O3)cc1. The van der Waals surface area contributed by atoms with Gasteiger partial charge in [-0.1, -0.05) is 25.5 Å². The first-order valence-electron chi connectivity index (χ1n) is 9.63. The summed E-state index contributed by atoms with van der Waals surface area (Å²) in [6.45, 7) is 3.83. The van der Waals surface area contributed by atoms with Gasteiger partial charge >= 0.3 is 0 Å². The fraction of sp³-hybridized carbons (Fsp3) is 0.650. The quantitative estimate of drug-likeness (QED) is 0.432. The fourth-order valence-electron chi connectivity index (χ4n) is 3.57. The van der Waals surface area contributed by atoms with Crippen LogP contribution in [0.25, 0.3) is 0 Å². The summed E-state index contributed by atoms with van der Waals surface area (Å²) < 4.78 is 11.6. The van der Waals surface area contributed by atoms with Gasteiger partial charge in [0.2, 0.25) is 0 Å². The van der Waals surface area contributed by atoms with Gasteiger partial charge in [0, 0.05) is 13.6 Å². The Morgan fingerprint density at radius 2 is 2.12 bits per heavy atom. The number of nitrogens with zero attached hydrogens (tertiary/aromatic N) is 1. The molecular formula is C20H31N3O2. The van der Waals surface area contributed by atoms with E-state index in [1.165, 1.54) is 18.4 Å². The van der Waals surface area contributed by atoms with Crippen molar-refractivity contribution in [2.75, 3.05) is 20.2 Å². The van der Waals surface area contributed by atoms with Crippen LogP contribution in [0.1, 0.15) is 44.6 Å². The fourth-order valence-corrected chi connectivity index (χ4v) is 3.57. The molecule has 2 bridgehead atoms. The summed E-state index contributed by atoms with van der Waals surface area (Å²) in [6.07, 6.45) is 7.54. The first-order valence-corrected chi connectivity index (χ1v) is 9.63. The number of rotatable bonds is 8.